The van der Waals surface area contributed by atoms with Gasteiger partial charge in [0.05, 0.1) is 17.4 Å². The highest BCUT2D eigenvalue weighted by molar-refractivity contribution is 8.08. The number of aromatic nitrogens is 3. The normalized spacial score (nSPS) is 22.0. The quantitative estimate of drug-likeness (QED) is 0.465. The van der Waals surface area contributed by atoms with E-state index in [9.17, 15) is 18.0 Å². The number of nitriles is 1. The molecule has 2 unspecified atom stereocenters. The number of carbonyl (C=O) groups is 1. The van der Waals surface area contributed by atoms with Gasteiger partial charge in [-0.2, -0.15) is 18.4 Å². The number of nitrogens with zero attached hydrogens (tertiary/aromatic N) is 6. The Bertz CT molecular complexity index is 1380. The molecule has 2 saturated heterocycles. The number of fused-ring (bicyclic) bond motifs is 1. The van der Waals surface area contributed by atoms with Crippen LogP contribution in [0.4, 0.5) is 24.5 Å². The van der Waals surface area contributed by atoms with Gasteiger partial charge in [0, 0.05) is 18.1 Å². The molecule has 36 heavy (non-hydrogen) atoms. The van der Waals surface area contributed by atoms with Crippen molar-refractivity contribution in [3.63, 3.8) is 0 Å². The minimum Gasteiger partial charge on any atom is -0.424 e. The Morgan fingerprint density at radius 3 is 2.42 bits per heavy atom. The average Bonchev–Trinajstić information content (AvgIpc) is 3.62. The zero-order valence-corrected chi connectivity index (χ0v) is 19.3. The number of carbonyl (C=O) groups excluding carboxylic acids is 1. The Hall–Kier alpha value is -3.85. The second-order valence-electron chi connectivity index (χ2n) is 8.67. The summed E-state index contributed by atoms with van der Waals surface area (Å²) in [6.45, 7) is 0. The summed E-state index contributed by atoms with van der Waals surface area (Å²) in [5, 5.41) is 8.60. The Labute approximate surface area is 207 Å². The van der Waals surface area contributed by atoms with Gasteiger partial charge in [-0.15, -0.1) is 11.8 Å². The molecule has 1 amide bonds. The maximum atomic E-state index is 13.8. The van der Waals surface area contributed by atoms with Crippen molar-refractivity contribution in [3.8, 4) is 17.8 Å². The number of hydrogen-bond donors (Lipinski definition) is 0. The van der Waals surface area contributed by atoms with Crippen LogP contribution in [0.15, 0.2) is 55.0 Å². The van der Waals surface area contributed by atoms with E-state index in [-0.39, 0.29) is 28.4 Å². The second-order valence-corrected chi connectivity index (χ2v) is 9.91. The summed E-state index contributed by atoms with van der Waals surface area (Å²) in [6.07, 6.45) is 1.61. The molecule has 3 aromatic rings. The van der Waals surface area contributed by atoms with Crippen LogP contribution in [0.3, 0.4) is 0 Å². The number of amides is 1. The van der Waals surface area contributed by atoms with Gasteiger partial charge in [-0.05, 0) is 55.7 Å². The molecule has 1 aliphatic carbocycles. The van der Waals surface area contributed by atoms with Crippen molar-refractivity contribution in [1.29, 1.82) is 5.26 Å². The fourth-order valence-electron chi connectivity index (χ4n) is 4.79. The van der Waals surface area contributed by atoms with Crippen molar-refractivity contribution in [2.75, 3.05) is 9.80 Å². The van der Waals surface area contributed by atoms with Gasteiger partial charge in [-0.25, -0.2) is 15.0 Å². The first-order valence-electron chi connectivity index (χ1n) is 11.1. The molecule has 182 valence electrons. The maximum absolute atomic E-state index is 13.8. The molecule has 2 aromatic heterocycles. The van der Waals surface area contributed by atoms with Crippen molar-refractivity contribution in [3.05, 3.63) is 66.2 Å². The number of benzene rings is 1. The lowest BCUT2D eigenvalue weighted by Gasteiger charge is -2.54. The third-order valence-corrected chi connectivity index (χ3v) is 7.82. The van der Waals surface area contributed by atoms with E-state index < -0.39 is 23.0 Å². The van der Waals surface area contributed by atoms with Gasteiger partial charge in [0.25, 0.3) is 5.91 Å². The van der Waals surface area contributed by atoms with Crippen LogP contribution >= 0.6 is 11.8 Å². The molecule has 1 aromatic carbocycles. The molecular weight excluding hydrogens is 493 g/mol. The molecule has 8 nitrogen and oxygen atoms in total. The fraction of sp³-hybridized carbons (Fsp3) is 0.292. The number of rotatable bonds is 4. The van der Waals surface area contributed by atoms with E-state index >= 15 is 0 Å². The lowest BCUT2D eigenvalue weighted by atomic mass is 9.72. The van der Waals surface area contributed by atoms with Gasteiger partial charge in [-0.3, -0.25) is 9.69 Å². The summed E-state index contributed by atoms with van der Waals surface area (Å²) in [4.78, 5) is 29.1. The standard InChI is InChI=1S/C24H17F3N6O2S/c25-24(26,27)17-11-15(13-31-18(17)12-28)32-19-20(36-19)33(23(21(32)34)7-1-8-23)14-3-5-16(6-4-14)35-22-29-9-2-10-30-22/h2-6,9-11,13,19-20H,1,7-8H2. The number of thioether (sulfide) groups is 1. The van der Waals surface area contributed by atoms with Gasteiger partial charge in [-0.1, -0.05) is 0 Å². The summed E-state index contributed by atoms with van der Waals surface area (Å²) in [5.74, 6) is 0.290. The molecule has 1 saturated carbocycles. The van der Waals surface area contributed by atoms with Crippen molar-refractivity contribution in [2.45, 2.75) is 41.7 Å². The minimum absolute atomic E-state index is 0.0591. The minimum atomic E-state index is -4.75. The highest BCUT2D eigenvalue weighted by Gasteiger charge is 2.66. The molecule has 6 rings (SSSR count). The van der Waals surface area contributed by atoms with Crippen molar-refractivity contribution in [1.82, 2.24) is 15.0 Å². The molecule has 12 heteroatoms. The predicted octanol–water partition coefficient (Wildman–Crippen LogP) is 4.73. The van der Waals surface area contributed by atoms with Crippen LogP contribution in [0.25, 0.3) is 0 Å². The molecule has 1 spiro atoms. The Kier molecular flexibility index (Phi) is 5.08. The van der Waals surface area contributed by atoms with Gasteiger partial charge >= 0.3 is 12.2 Å². The van der Waals surface area contributed by atoms with Gasteiger partial charge < -0.3 is 9.64 Å². The third-order valence-electron chi connectivity index (χ3n) is 6.64. The topological polar surface area (TPSA) is 95.2 Å². The molecule has 3 fully saturated rings. The molecule has 0 bridgehead atoms. The third kappa shape index (κ3) is 3.53. The van der Waals surface area contributed by atoms with Gasteiger partial charge in [0.15, 0.2) is 5.69 Å². The zero-order chi connectivity index (χ0) is 25.1. The van der Waals surface area contributed by atoms with E-state index in [1.54, 1.807) is 30.6 Å². The maximum Gasteiger partial charge on any atom is 0.419 e. The summed E-state index contributed by atoms with van der Waals surface area (Å²) < 4.78 is 46.3. The molecule has 2 aliphatic heterocycles. The number of alkyl halides is 3. The summed E-state index contributed by atoms with van der Waals surface area (Å²) in [7, 11) is 0. The zero-order valence-electron chi connectivity index (χ0n) is 18.5. The van der Waals surface area contributed by atoms with E-state index in [0.717, 1.165) is 18.2 Å². The Morgan fingerprint density at radius 2 is 1.81 bits per heavy atom. The number of halogens is 3. The number of piperazine rings is 1. The Balaban J connectivity index is 1.31. The van der Waals surface area contributed by atoms with Gasteiger partial charge in [0.1, 0.15) is 28.1 Å². The number of hydrogen-bond acceptors (Lipinski definition) is 8. The van der Waals surface area contributed by atoms with E-state index in [4.69, 9.17) is 10.00 Å². The largest absolute Gasteiger partial charge is 0.424 e. The van der Waals surface area contributed by atoms with Crippen LogP contribution < -0.4 is 14.5 Å². The molecular formula is C24H17F3N6O2S. The Morgan fingerprint density at radius 1 is 1.08 bits per heavy atom. The highest BCUT2D eigenvalue weighted by atomic mass is 32.2. The van der Waals surface area contributed by atoms with Crippen LogP contribution in [0.1, 0.15) is 30.5 Å². The number of anilines is 2. The predicted molar refractivity (Wildman–Crippen MR) is 124 cm³/mol. The van der Waals surface area contributed by atoms with Gasteiger partial charge in [0.2, 0.25) is 0 Å². The molecule has 0 N–H and O–H groups in total. The van der Waals surface area contributed by atoms with Crippen molar-refractivity contribution in [2.24, 2.45) is 0 Å². The fourth-order valence-corrected chi connectivity index (χ4v) is 6.02. The lowest BCUT2D eigenvalue weighted by Crippen LogP contribution is -2.69. The lowest BCUT2D eigenvalue weighted by molar-refractivity contribution is -0.138. The van der Waals surface area contributed by atoms with Crippen LogP contribution in [0, 0.1) is 11.3 Å². The van der Waals surface area contributed by atoms with E-state index in [0.29, 0.717) is 18.6 Å². The highest BCUT2D eigenvalue weighted by Crippen LogP contribution is 2.59. The van der Waals surface area contributed by atoms with E-state index in [1.165, 1.54) is 28.9 Å². The molecule has 2 atom stereocenters. The smallest absolute Gasteiger partial charge is 0.419 e. The first-order valence-corrected chi connectivity index (χ1v) is 12.1. The van der Waals surface area contributed by atoms with Crippen LogP contribution in [0.5, 0.6) is 11.8 Å². The molecule has 0 radical (unpaired) electrons. The van der Waals surface area contributed by atoms with E-state index in [2.05, 4.69) is 19.9 Å². The van der Waals surface area contributed by atoms with Crippen molar-refractivity contribution < 1.29 is 22.7 Å². The SMILES string of the molecule is N#Cc1ncc(N2C(=O)C3(CCC3)N(c3ccc(Oc4ncccn4)cc3)C3SC32)cc1C(F)(F)F. The summed E-state index contributed by atoms with van der Waals surface area (Å²) in [5.41, 5.74) is -1.80. The number of pyridine rings is 1. The van der Waals surface area contributed by atoms with Crippen LogP contribution in [0.2, 0.25) is 0 Å². The monoisotopic (exact) mass is 510 g/mol. The summed E-state index contributed by atoms with van der Waals surface area (Å²) in [6, 6.07) is 11.5. The summed E-state index contributed by atoms with van der Waals surface area (Å²) >= 11 is 1.50. The van der Waals surface area contributed by atoms with E-state index in [1.807, 2.05) is 12.1 Å². The molecule has 4 heterocycles. The first kappa shape index (κ1) is 22.6. The number of ether oxygens (including phenoxy) is 1. The van der Waals surface area contributed by atoms with Crippen LogP contribution in [-0.4, -0.2) is 37.1 Å². The first-order chi connectivity index (χ1) is 17.3. The molecule has 3 aliphatic rings. The second kappa shape index (κ2) is 8.09. The van der Waals surface area contributed by atoms with Crippen molar-refractivity contribution >= 4 is 29.0 Å². The average molecular weight is 511 g/mol. The van der Waals surface area contributed by atoms with Crippen LogP contribution in [-0.2, 0) is 11.0 Å².